The van der Waals surface area contributed by atoms with E-state index < -0.39 is 0 Å². The third kappa shape index (κ3) is 1.19. The second kappa shape index (κ2) is 3.41. The lowest BCUT2D eigenvalue weighted by atomic mass is 9.57. The lowest BCUT2D eigenvalue weighted by Gasteiger charge is -2.46. The van der Waals surface area contributed by atoms with E-state index in [1.807, 2.05) is 0 Å². The maximum Gasteiger partial charge on any atom is 0.202 e. The van der Waals surface area contributed by atoms with Gasteiger partial charge in [0.25, 0.3) is 0 Å². The van der Waals surface area contributed by atoms with Crippen LogP contribution >= 0.6 is 0 Å². The molecule has 88 valence electrons. The summed E-state index contributed by atoms with van der Waals surface area (Å²) < 4.78 is 0. The van der Waals surface area contributed by atoms with Gasteiger partial charge in [0, 0.05) is 11.8 Å². The molecule has 0 aromatic heterocycles. The molecule has 3 aliphatic carbocycles. The highest BCUT2D eigenvalue weighted by Crippen LogP contribution is 2.55. The molecule has 0 N–H and O–H groups in total. The fourth-order valence-corrected chi connectivity index (χ4v) is 4.77. The lowest BCUT2D eigenvalue weighted by molar-refractivity contribution is -0.137. The first-order valence-corrected chi connectivity index (χ1v) is 6.69. The highest BCUT2D eigenvalue weighted by molar-refractivity contribution is 6.41. The van der Waals surface area contributed by atoms with E-state index >= 15 is 0 Å². The molecule has 2 nitrogen and oxygen atoms in total. The van der Waals surface area contributed by atoms with E-state index in [1.165, 1.54) is 0 Å². The first-order valence-electron chi connectivity index (χ1n) is 6.69. The van der Waals surface area contributed by atoms with Crippen LogP contribution in [0.5, 0.6) is 0 Å². The number of ketones is 2. The average Bonchev–Trinajstić information content (AvgIpc) is 2.50. The number of Topliss-reactive ketones (excluding diaryl/α,β-unsaturated/α-hetero) is 2. The van der Waals surface area contributed by atoms with Crippen LogP contribution in [0.15, 0.2) is 0 Å². The van der Waals surface area contributed by atoms with Gasteiger partial charge in [-0.05, 0) is 49.4 Å². The van der Waals surface area contributed by atoms with E-state index in [9.17, 15) is 9.59 Å². The Morgan fingerprint density at radius 3 is 1.62 bits per heavy atom. The highest BCUT2D eigenvalue weighted by Gasteiger charge is 2.57. The van der Waals surface area contributed by atoms with Gasteiger partial charge in [0.2, 0.25) is 11.6 Å². The maximum atomic E-state index is 11.9. The first-order chi connectivity index (χ1) is 7.61. The predicted octanol–water partition coefficient (Wildman–Crippen LogP) is 2.46. The molecule has 4 atom stereocenters. The highest BCUT2D eigenvalue weighted by atomic mass is 16.2. The van der Waals surface area contributed by atoms with Gasteiger partial charge >= 0.3 is 0 Å². The van der Waals surface area contributed by atoms with Crippen LogP contribution in [-0.2, 0) is 9.59 Å². The third-order valence-corrected chi connectivity index (χ3v) is 5.47. The molecule has 3 aliphatic rings. The number of hydrogen-bond donors (Lipinski definition) is 0. The monoisotopic (exact) mass is 220 g/mol. The van der Waals surface area contributed by atoms with Crippen molar-refractivity contribution < 1.29 is 9.59 Å². The van der Waals surface area contributed by atoms with Gasteiger partial charge in [0.1, 0.15) is 0 Å². The number of hydrogen-bond acceptors (Lipinski definition) is 2. The standard InChI is InChI=1S/C14H20O2/c1-7-3-5-9-12-10(14(16)13(9)15)6-4-8(2)11(7)12/h7-12H,3-6H2,1-2H3. The summed E-state index contributed by atoms with van der Waals surface area (Å²) in [5.74, 6) is 2.60. The molecule has 0 bridgehead atoms. The van der Waals surface area contributed by atoms with Crippen LogP contribution in [-0.4, -0.2) is 11.6 Å². The average molecular weight is 220 g/mol. The summed E-state index contributed by atoms with van der Waals surface area (Å²) in [4.78, 5) is 23.9. The van der Waals surface area contributed by atoms with Crippen molar-refractivity contribution in [2.24, 2.45) is 35.5 Å². The molecule has 0 radical (unpaired) electrons. The van der Waals surface area contributed by atoms with Gasteiger partial charge in [-0.3, -0.25) is 9.59 Å². The Morgan fingerprint density at radius 2 is 1.19 bits per heavy atom. The molecule has 16 heavy (non-hydrogen) atoms. The Bertz CT molecular complexity index is 315. The van der Waals surface area contributed by atoms with E-state index in [0.29, 0.717) is 23.7 Å². The Balaban J connectivity index is 2.00. The number of rotatable bonds is 0. The fraction of sp³-hybridized carbons (Fsp3) is 0.857. The molecule has 4 unspecified atom stereocenters. The number of carbonyl (C=O) groups excluding carboxylic acids is 2. The van der Waals surface area contributed by atoms with Crippen LogP contribution in [0.1, 0.15) is 39.5 Å². The molecule has 0 aromatic carbocycles. The minimum Gasteiger partial charge on any atom is -0.291 e. The second-order valence-corrected chi connectivity index (χ2v) is 6.21. The Labute approximate surface area is 96.8 Å². The minimum atomic E-state index is -0.0269. The molecular weight excluding hydrogens is 200 g/mol. The zero-order valence-electron chi connectivity index (χ0n) is 10.1. The van der Waals surface area contributed by atoms with Gasteiger partial charge in [-0.25, -0.2) is 0 Å². The molecule has 0 saturated heterocycles. The van der Waals surface area contributed by atoms with Crippen LogP contribution in [0.25, 0.3) is 0 Å². The van der Waals surface area contributed by atoms with Crippen molar-refractivity contribution in [3.05, 3.63) is 0 Å². The van der Waals surface area contributed by atoms with Crippen LogP contribution in [0, 0.1) is 35.5 Å². The molecule has 0 heterocycles. The summed E-state index contributed by atoms with van der Waals surface area (Å²) in [6.07, 6.45) is 4.22. The van der Waals surface area contributed by atoms with Crippen LogP contribution in [0.2, 0.25) is 0 Å². The molecule has 3 rings (SSSR count). The number of carbonyl (C=O) groups is 2. The van der Waals surface area contributed by atoms with Gasteiger partial charge in [0.05, 0.1) is 0 Å². The van der Waals surface area contributed by atoms with E-state index in [-0.39, 0.29) is 23.4 Å². The van der Waals surface area contributed by atoms with Crippen LogP contribution in [0.4, 0.5) is 0 Å². The Morgan fingerprint density at radius 1 is 0.750 bits per heavy atom. The lowest BCUT2D eigenvalue weighted by Crippen LogP contribution is -2.42. The molecule has 3 fully saturated rings. The summed E-state index contributed by atoms with van der Waals surface area (Å²) in [5.41, 5.74) is 0. The van der Waals surface area contributed by atoms with E-state index in [4.69, 9.17) is 0 Å². The third-order valence-electron chi connectivity index (χ3n) is 5.47. The maximum absolute atomic E-state index is 11.9. The molecule has 0 spiro atoms. The molecule has 0 amide bonds. The van der Waals surface area contributed by atoms with Crippen LogP contribution < -0.4 is 0 Å². The quantitative estimate of drug-likeness (QED) is 0.588. The summed E-state index contributed by atoms with van der Waals surface area (Å²) in [6, 6.07) is 0. The van der Waals surface area contributed by atoms with Gasteiger partial charge < -0.3 is 0 Å². The largest absolute Gasteiger partial charge is 0.291 e. The predicted molar refractivity (Wildman–Crippen MR) is 60.8 cm³/mol. The molecule has 0 aromatic rings. The molecule has 0 aliphatic heterocycles. The van der Waals surface area contributed by atoms with Gasteiger partial charge in [-0.2, -0.15) is 0 Å². The van der Waals surface area contributed by atoms with Crippen molar-refractivity contribution in [3.63, 3.8) is 0 Å². The Kier molecular flexibility index (Phi) is 2.24. The fourth-order valence-electron chi connectivity index (χ4n) is 4.77. The van der Waals surface area contributed by atoms with Crippen molar-refractivity contribution in [1.82, 2.24) is 0 Å². The zero-order valence-corrected chi connectivity index (χ0v) is 10.1. The smallest absolute Gasteiger partial charge is 0.202 e. The van der Waals surface area contributed by atoms with Gasteiger partial charge in [-0.15, -0.1) is 0 Å². The first kappa shape index (κ1) is 10.5. The van der Waals surface area contributed by atoms with Crippen molar-refractivity contribution in [1.29, 1.82) is 0 Å². The molecule has 2 heteroatoms. The summed E-state index contributed by atoms with van der Waals surface area (Å²) in [5, 5.41) is 0. The molecular formula is C14H20O2. The zero-order chi connectivity index (χ0) is 11.4. The summed E-state index contributed by atoms with van der Waals surface area (Å²) >= 11 is 0. The van der Waals surface area contributed by atoms with Gasteiger partial charge in [-0.1, -0.05) is 13.8 Å². The van der Waals surface area contributed by atoms with Crippen molar-refractivity contribution >= 4 is 11.6 Å². The van der Waals surface area contributed by atoms with Crippen molar-refractivity contribution in [2.75, 3.05) is 0 Å². The SMILES string of the molecule is CC1CCC2C(=O)C(=O)C3CCC(C)C1C23. The molecule has 3 saturated carbocycles. The second-order valence-electron chi connectivity index (χ2n) is 6.21. The Hall–Kier alpha value is -0.660. The van der Waals surface area contributed by atoms with E-state index in [2.05, 4.69) is 13.8 Å². The van der Waals surface area contributed by atoms with Crippen molar-refractivity contribution in [3.8, 4) is 0 Å². The minimum absolute atomic E-state index is 0.0269. The van der Waals surface area contributed by atoms with Crippen molar-refractivity contribution in [2.45, 2.75) is 39.5 Å². The summed E-state index contributed by atoms with van der Waals surface area (Å²) in [7, 11) is 0. The topological polar surface area (TPSA) is 34.1 Å². The van der Waals surface area contributed by atoms with E-state index in [0.717, 1.165) is 25.7 Å². The normalized spacial score (nSPS) is 51.6. The van der Waals surface area contributed by atoms with E-state index in [1.54, 1.807) is 0 Å². The van der Waals surface area contributed by atoms with Crippen LogP contribution in [0.3, 0.4) is 0 Å². The van der Waals surface area contributed by atoms with Gasteiger partial charge in [0.15, 0.2) is 0 Å². The summed E-state index contributed by atoms with van der Waals surface area (Å²) in [6.45, 7) is 4.63.